The number of anilines is 1. The summed E-state index contributed by atoms with van der Waals surface area (Å²) >= 11 is 0. The third kappa shape index (κ3) is 3.83. The van der Waals surface area contributed by atoms with Crippen molar-refractivity contribution in [2.45, 2.75) is 20.3 Å². The average molecular weight is 311 g/mol. The maximum Gasteiger partial charge on any atom is 0.227 e. The Labute approximate surface area is 136 Å². The summed E-state index contributed by atoms with van der Waals surface area (Å²) in [5, 5.41) is 2.97. The van der Waals surface area contributed by atoms with Gasteiger partial charge in [-0.2, -0.15) is 0 Å². The second-order valence-corrected chi connectivity index (χ2v) is 5.81. The molecule has 1 fully saturated rings. The van der Waals surface area contributed by atoms with Crippen LogP contribution in [0.15, 0.2) is 48.5 Å². The fourth-order valence-electron chi connectivity index (χ4n) is 2.47. The van der Waals surface area contributed by atoms with Crippen LogP contribution in [-0.2, 0) is 4.79 Å². The van der Waals surface area contributed by atoms with Crippen LogP contribution in [0.5, 0.6) is 17.2 Å². The molecule has 0 radical (unpaired) electrons. The number of rotatable bonds is 6. The van der Waals surface area contributed by atoms with E-state index in [0.29, 0.717) is 29.7 Å². The minimum Gasteiger partial charge on any atom is -0.494 e. The summed E-state index contributed by atoms with van der Waals surface area (Å²) in [4.78, 5) is 12.1. The van der Waals surface area contributed by atoms with E-state index in [9.17, 15) is 4.79 Å². The fraction of sp³-hybridized carbons (Fsp3) is 0.316. The molecule has 3 rings (SSSR count). The van der Waals surface area contributed by atoms with Gasteiger partial charge in [0.2, 0.25) is 5.91 Å². The van der Waals surface area contributed by atoms with E-state index in [4.69, 9.17) is 9.47 Å². The minimum atomic E-state index is 0.0697. The Morgan fingerprint density at radius 2 is 1.78 bits per heavy atom. The van der Waals surface area contributed by atoms with Crippen molar-refractivity contribution in [2.75, 3.05) is 11.9 Å². The highest BCUT2D eigenvalue weighted by Gasteiger charge is 2.39. The lowest BCUT2D eigenvalue weighted by Crippen LogP contribution is -2.14. The molecule has 0 heterocycles. The number of para-hydroxylation sites is 2. The van der Waals surface area contributed by atoms with Crippen molar-refractivity contribution in [3.05, 3.63) is 48.5 Å². The Kier molecular flexibility index (Phi) is 4.51. The summed E-state index contributed by atoms with van der Waals surface area (Å²) in [5.74, 6) is 2.83. The molecule has 1 aliphatic carbocycles. The average Bonchev–Trinajstić information content (AvgIpc) is 3.28. The quantitative estimate of drug-likeness (QED) is 0.856. The molecule has 23 heavy (non-hydrogen) atoms. The third-order valence-electron chi connectivity index (χ3n) is 3.95. The molecule has 0 aliphatic heterocycles. The van der Waals surface area contributed by atoms with Crippen LogP contribution in [0.3, 0.4) is 0 Å². The number of nitrogens with one attached hydrogen (secondary N) is 1. The number of amides is 1. The van der Waals surface area contributed by atoms with Gasteiger partial charge in [-0.1, -0.05) is 19.1 Å². The van der Waals surface area contributed by atoms with Crippen LogP contribution in [0.25, 0.3) is 0 Å². The van der Waals surface area contributed by atoms with Crippen LogP contribution >= 0.6 is 0 Å². The Hall–Kier alpha value is -2.49. The van der Waals surface area contributed by atoms with Gasteiger partial charge >= 0.3 is 0 Å². The molecule has 2 aromatic rings. The molecule has 1 amide bonds. The summed E-state index contributed by atoms with van der Waals surface area (Å²) in [6.45, 7) is 4.67. The Bertz CT molecular complexity index is 681. The zero-order valence-corrected chi connectivity index (χ0v) is 13.4. The molecule has 0 unspecified atom stereocenters. The summed E-state index contributed by atoms with van der Waals surface area (Å²) in [6, 6.07) is 14.9. The highest BCUT2D eigenvalue weighted by Crippen LogP contribution is 2.39. The van der Waals surface area contributed by atoms with Crippen LogP contribution < -0.4 is 14.8 Å². The monoisotopic (exact) mass is 311 g/mol. The number of hydrogen-bond acceptors (Lipinski definition) is 3. The predicted molar refractivity (Wildman–Crippen MR) is 90.0 cm³/mol. The van der Waals surface area contributed by atoms with Crippen molar-refractivity contribution in [1.29, 1.82) is 0 Å². The van der Waals surface area contributed by atoms with Crippen LogP contribution in [0.2, 0.25) is 0 Å². The molecular weight excluding hydrogens is 290 g/mol. The van der Waals surface area contributed by atoms with Gasteiger partial charge in [-0.25, -0.2) is 0 Å². The predicted octanol–water partition coefficient (Wildman–Crippen LogP) is 4.47. The van der Waals surface area contributed by atoms with Gasteiger partial charge < -0.3 is 14.8 Å². The molecule has 2 atom stereocenters. The molecule has 0 aromatic heterocycles. The molecule has 1 aliphatic rings. The van der Waals surface area contributed by atoms with E-state index >= 15 is 0 Å². The molecular formula is C19H21NO3. The molecule has 0 bridgehead atoms. The number of hydrogen-bond donors (Lipinski definition) is 1. The van der Waals surface area contributed by atoms with Crippen molar-refractivity contribution in [2.24, 2.45) is 11.8 Å². The smallest absolute Gasteiger partial charge is 0.227 e. The first kappa shape index (κ1) is 15.4. The van der Waals surface area contributed by atoms with Gasteiger partial charge in [0, 0.05) is 5.92 Å². The molecule has 1 saturated carbocycles. The topological polar surface area (TPSA) is 47.6 Å². The third-order valence-corrected chi connectivity index (χ3v) is 3.95. The fourth-order valence-corrected chi connectivity index (χ4v) is 2.47. The zero-order valence-electron chi connectivity index (χ0n) is 13.4. The first-order chi connectivity index (χ1) is 11.2. The van der Waals surface area contributed by atoms with E-state index in [0.717, 1.165) is 12.2 Å². The molecule has 4 nitrogen and oxygen atoms in total. The number of carbonyl (C=O) groups excluding carboxylic acids is 1. The van der Waals surface area contributed by atoms with E-state index in [1.807, 2.05) is 55.5 Å². The number of ether oxygens (including phenoxy) is 2. The van der Waals surface area contributed by atoms with Crippen LogP contribution in [-0.4, -0.2) is 12.5 Å². The van der Waals surface area contributed by atoms with E-state index in [1.54, 1.807) is 0 Å². The molecule has 1 N–H and O–H groups in total. The van der Waals surface area contributed by atoms with Gasteiger partial charge in [0.05, 0.1) is 12.3 Å². The van der Waals surface area contributed by atoms with Crippen molar-refractivity contribution in [1.82, 2.24) is 0 Å². The lowest BCUT2D eigenvalue weighted by atomic mass is 10.2. The maximum atomic E-state index is 12.1. The van der Waals surface area contributed by atoms with Gasteiger partial charge in [-0.05, 0) is 55.7 Å². The first-order valence-electron chi connectivity index (χ1n) is 7.98. The van der Waals surface area contributed by atoms with Gasteiger partial charge in [0.25, 0.3) is 0 Å². The van der Waals surface area contributed by atoms with Crippen LogP contribution in [0, 0.1) is 11.8 Å². The Balaban J connectivity index is 1.71. The largest absolute Gasteiger partial charge is 0.494 e. The second kappa shape index (κ2) is 6.73. The molecule has 120 valence electrons. The summed E-state index contributed by atoms with van der Waals surface area (Å²) < 4.78 is 11.3. The van der Waals surface area contributed by atoms with Crippen molar-refractivity contribution in [3.63, 3.8) is 0 Å². The van der Waals surface area contributed by atoms with Crippen molar-refractivity contribution in [3.8, 4) is 17.2 Å². The highest BCUT2D eigenvalue weighted by molar-refractivity contribution is 5.95. The van der Waals surface area contributed by atoms with Gasteiger partial charge in [0.1, 0.15) is 11.5 Å². The van der Waals surface area contributed by atoms with E-state index in [1.165, 1.54) is 0 Å². The first-order valence-corrected chi connectivity index (χ1v) is 7.98. The minimum absolute atomic E-state index is 0.0697. The second-order valence-electron chi connectivity index (χ2n) is 5.81. The van der Waals surface area contributed by atoms with Crippen molar-refractivity contribution < 1.29 is 14.3 Å². The lowest BCUT2D eigenvalue weighted by molar-refractivity contribution is -0.117. The summed E-state index contributed by atoms with van der Waals surface area (Å²) in [7, 11) is 0. The van der Waals surface area contributed by atoms with E-state index in [-0.39, 0.29) is 11.8 Å². The lowest BCUT2D eigenvalue weighted by Gasteiger charge is -2.12. The van der Waals surface area contributed by atoms with Gasteiger partial charge in [-0.15, -0.1) is 0 Å². The normalized spacial score (nSPS) is 19.0. The molecule has 0 spiro atoms. The van der Waals surface area contributed by atoms with Crippen molar-refractivity contribution >= 4 is 11.6 Å². The molecule has 4 heteroatoms. The van der Waals surface area contributed by atoms with Crippen LogP contribution in [0.1, 0.15) is 20.3 Å². The Morgan fingerprint density at radius 1 is 1.13 bits per heavy atom. The summed E-state index contributed by atoms with van der Waals surface area (Å²) in [6.07, 6.45) is 0.966. The highest BCUT2D eigenvalue weighted by atomic mass is 16.5. The standard InChI is InChI=1S/C19H21NO3/c1-3-22-14-8-10-15(11-9-14)23-18-7-5-4-6-17(18)20-19(21)16-12-13(16)2/h4-11,13,16H,3,12H2,1-2H3,(H,20,21)/t13-,16-/m0/s1. The van der Waals surface area contributed by atoms with Gasteiger partial charge in [0.15, 0.2) is 5.75 Å². The number of benzene rings is 2. The summed E-state index contributed by atoms with van der Waals surface area (Å²) in [5.41, 5.74) is 0.700. The van der Waals surface area contributed by atoms with Crippen LogP contribution in [0.4, 0.5) is 5.69 Å². The SMILES string of the molecule is CCOc1ccc(Oc2ccccc2NC(=O)[C@H]2C[C@@H]2C)cc1. The van der Waals surface area contributed by atoms with Gasteiger partial charge in [-0.3, -0.25) is 4.79 Å². The zero-order chi connectivity index (χ0) is 16.2. The molecule has 0 saturated heterocycles. The van der Waals surface area contributed by atoms with E-state index in [2.05, 4.69) is 12.2 Å². The maximum absolute atomic E-state index is 12.1. The molecule has 2 aromatic carbocycles. The number of carbonyl (C=O) groups is 1. The van der Waals surface area contributed by atoms with E-state index < -0.39 is 0 Å². The Morgan fingerprint density at radius 3 is 2.43 bits per heavy atom.